The summed E-state index contributed by atoms with van der Waals surface area (Å²) in [6.07, 6.45) is 3.96. The lowest BCUT2D eigenvalue weighted by atomic mass is 9.94. The summed E-state index contributed by atoms with van der Waals surface area (Å²) >= 11 is 6.26. The zero-order valence-corrected chi connectivity index (χ0v) is 17.2. The molecule has 148 valence electrons. The van der Waals surface area contributed by atoms with Crippen LogP contribution in [0.4, 0.5) is 0 Å². The Morgan fingerprint density at radius 2 is 1.93 bits per heavy atom. The van der Waals surface area contributed by atoms with Crippen LogP contribution in [0.5, 0.6) is 0 Å². The standard InChI is InChI=1S/C21H26ClN5O/c1-21(7-8-21)20(28)26-9-5-14(6-10-26)19-24-23-18-13-25(2)12-15-11-16(22)3-4-17(15)27(18)19/h3-4,11,14H,5-10,12-13H2,1-2H3. The first kappa shape index (κ1) is 18.1. The Morgan fingerprint density at radius 3 is 2.64 bits per heavy atom. The van der Waals surface area contributed by atoms with Crippen molar-refractivity contribution in [1.82, 2.24) is 24.6 Å². The Kier molecular flexibility index (Phi) is 4.25. The van der Waals surface area contributed by atoms with Crippen molar-refractivity contribution in [3.05, 3.63) is 40.4 Å². The fourth-order valence-electron chi connectivity index (χ4n) is 4.57. The lowest BCUT2D eigenvalue weighted by Gasteiger charge is -2.33. The summed E-state index contributed by atoms with van der Waals surface area (Å²) < 4.78 is 2.24. The van der Waals surface area contributed by atoms with E-state index in [1.54, 1.807) is 0 Å². The zero-order valence-electron chi connectivity index (χ0n) is 16.5. The Bertz CT molecular complexity index is 927. The molecule has 0 radical (unpaired) electrons. The minimum Gasteiger partial charge on any atom is -0.342 e. The molecule has 1 aromatic carbocycles. The lowest BCUT2D eigenvalue weighted by Crippen LogP contribution is -2.41. The molecule has 0 spiro atoms. The fraction of sp³-hybridized carbons (Fsp3) is 0.571. The van der Waals surface area contributed by atoms with E-state index in [0.29, 0.717) is 11.8 Å². The number of hydrogen-bond donors (Lipinski definition) is 0. The van der Waals surface area contributed by atoms with Gasteiger partial charge in [-0.25, -0.2) is 0 Å². The van der Waals surface area contributed by atoms with Crippen LogP contribution in [0.15, 0.2) is 18.2 Å². The average molecular weight is 400 g/mol. The third kappa shape index (κ3) is 3.03. The molecule has 6 nitrogen and oxygen atoms in total. The first-order chi connectivity index (χ1) is 13.4. The van der Waals surface area contributed by atoms with Crippen LogP contribution in [-0.4, -0.2) is 50.6 Å². The second kappa shape index (κ2) is 6.56. The number of rotatable bonds is 2. The van der Waals surface area contributed by atoms with Crippen molar-refractivity contribution >= 4 is 17.5 Å². The number of likely N-dealkylation sites (tertiary alicyclic amines) is 1. The lowest BCUT2D eigenvalue weighted by molar-refractivity contribution is -0.137. The van der Waals surface area contributed by atoms with Gasteiger partial charge in [0.05, 0.1) is 12.2 Å². The van der Waals surface area contributed by atoms with Gasteiger partial charge in [-0.2, -0.15) is 0 Å². The van der Waals surface area contributed by atoms with Gasteiger partial charge in [-0.3, -0.25) is 14.3 Å². The molecule has 1 aromatic heterocycles. The van der Waals surface area contributed by atoms with Crippen molar-refractivity contribution in [3.8, 4) is 5.69 Å². The van der Waals surface area contributed by atoms with E-state index in [2.05, 4.69) is 44.6 Å². The van der Waals surface area contributed by atoms with Crippen LogP contribution in [0.2, 0.25) is 5.02 Å². The zero-order chi connectivity index (χ0) is 19.5. The van der Waals surface area contributed by atoms with Crippen LogP contribution in [0.3, 0.4) is 0 Å². The van der Waals surface area contributed by atoms with Crippen LogP contribution in [-0.2, 0) is 17.9 Å². The van der Waals surface area contributed by atoms with E-state index in [4.69, 9.17) is 11.6 Å². The molecular weight excluding hydrogens is 374 g/mol. The average Bonchev–Trinajstić information content (AvgIpc) is 3.34. The number of hydrogen-bond acceptors (Lipinski definition) is 4. The van der Waals surface area contributed by atoms with E-state index in [1.807, 2.05) is 12.1 Å². The van der Waals surface area contributed by atoms with Crippen molar-refractivity contribution < 1.29 is 4.79 Å². The van der Waals surface area contributed by atoms with Gasteiger partial charge in [0.1, 0.15) is 5.82 Å². The molecule has 3 aliphatic rings. The smallest absolute Gasteiger partial charge is 0.228 e. The predicted octanol–water partition coefficient (Wildman–Crippen LogP) is 3.37. The first-order valence-corrected chi connectivity index (χ1v) is 10.5. The summed E-state index contributed by atoms with van der Waals surface area (Å²) in [7, 11) is 2.09. The number of aromatic nitrogens is 3. The van der Waals surface area contributed by atoms with Crippen molar-refractivity contribution in [1.29, 1.82) is 0 Å². The highest BCUT2D eigenvalue weighted by Crippen LogP contribution is 2.47. The molecule has 3 heterocycles. The van der Waals surface area contributed by atoms with Crippen LogP contribution >= 0.6 is 11.6 Å². The van der Waals surface area contributed by atoms with Crippen LogP contribution < -0.4 is 0 Å². The van der Waals surface area contributed by atoms with E-state index in [1.165, 1.54) is 5.56 Å². The van der Waals surface area contributed by atoms with Crippen molar-refractivity contribution in [3.63, 3.8) is 0 Å². The Balaban J connectivity index is 1.43. The maximum Gasteiger partial charge on any atom is 0.228 e. The van der Waals surface area contributed by atoms with Gasteiger partial charge >= 0.3 is 0 Å². The maximum absolute atomic E-state index is 12.7. The second-order valence-corrected chi connectivity index (χ2v) is 9.32. The molecule has 7 heteroatoms. The predicted molar refractivity (Wildman–Crippen MR) is 107 cm³/mol. The van der Waals surface area contributed by atoms with Gasteiger partial charge in [0.15, 0.2) is 5.82 Å². The second-order valence-electron chi connectivity index (χ2n) is 8.88. The summed E-state index contributed by atoms with van der Waals surface area (Å²) in [6, 6.07) is 6.07. The molecule has 2 fully saturated rings. The largest absolute Gasteiger partial charge is 0.342 e. The first-order valence-electron chi connectivity index (χ1n) is 10.2. The SMILES string of the molecule is CN1Cc2cc(Cl)ccc2-n2c(nnc2C2CCN(C(=O)C3(C)CC3)CC2)C1. The highest BCUT2D eigenvalue weighted by atomic mass is 35.5. The molecule has 0 bridgehead atoms. The van der Waals surface area contributed by atoms with Crippen LogP contribution in [0.1, 0.15) is 55.7 Å². The normalized spacial score (nSPS) is 21.8. The molecule has 2 aromatic rings. The van der Waals surface area contributed by atoms with Gasteiger partial charge in [0.2, 0.25) is 5.91 Å². The number of fused-ring (bicyclic) bond motifs is 3. The molecule has 0 unspecified atom stereocenters. The van der Waals surface area contributed by atoms with E-state index in [-0.39, 0.29) is 5.41 Å². The van der Waals surface area contributed by atoms with Crippen molar-refractivity contribution in [2.45, 2.75) is 51.6 Å². The number of carbonyl (C=O) groups is 1. The number of carbonyl (C=O) groups excluding carboxylic acids is 1. The highest BCUT2D eigenvalue weighted by Gasteiger charge is 2.47. The summed E-state index contributed by atoms with van der Waals surface area (Å²) in [5.41, 5.74) is 2.25. The molecule has 1 amide bonds. The molecule has 1 aliphatic carbocycles. The third-order valence-electron chi connectivity index (χ3n) is 6.55. The number of piperidine rings is 1. The maximum atomic E-state index is 12.7. The number of benzene rings is 1. The molecule has 1 saturated heterocycles. The van der Waals surface area contributed by atoms with Gasteiger partial charge < -0.3 is 4.90 Å². The van der Waals surface area contributed by atoms with E-state index in [9.17, 15) is 4.79 Å². The van der Waals surface area contributed by atoms with E-state index < -0.39 is 0 Å². The van der Waals surface area contributed by atoms with Crippen LogP contribution in [0.25, 0.3) is 5.69 Å². The van der Waals surface area contributed by atoms with Gasteiger partial charge in [0.25, 0.3) is 0 Å². The number of amides is 1. The van der Waals surface area contributed by atoms with Crippen LogP contribution in [0, 0.1) is 5.41 Å². The van der Waals surface area contributed by atoms with Gasteiger partial charge in [-0.15, -0.1) is 10.2 Å². The minimum absolute atomic E-state index is 0.0818. The van der Waals surface area contributed by atoms with Gasteiger partial charge in [-0.05, 0) is 56.5 Å². The summed E-state index contributed by atoms with van der Waals surface area (Å²) in [4.78, 5) is 17.0. The molecule has 0 atom stereocenters. The van der Waals surface area contributed by atoms with Crippen molar-refractivity contribution in [2.24, 2.45) is 5.41 Å². The summed E-state index contributed by atoms with van der Waals surface area (Å²) in [5, 5.41) is 9.88. The Labute approximate surface area is 170 Å². The minimum atomic E-state index is -0.0818. The van der Waals surface area contributed by atoms with Crippen molar-refractivity contribution in [2.75, 3.05) is 20.1 Å². The summed E-state index contributed by atoms with van der Waals surface area (Å²) in [5.74, 6) is 2.66. The number of halogens is 1. The molecule has 2 aliphatic heterocycles. The molecular formula is C21H26ClN5O. The van der Waals surface area contributed by atoms with E-state index in [0.717, 1.165) is 74.2 Å². The molecule has 28 heavy (non-hydrogen) atoms. The third-order valence-corrected chi connectivity index (χ3v) is 6.79. The quantitative estimate of drug-likeness (QED) is 0.776. The Morgan fingerprint density at radius 1 is 1.18 bits per heavy atom. The van der Waals surface area contributed by atoms with Gasteiger partial charge in [-0.1, -0.05) is 18.5 Å². The van der Waals surface area contributed by atoms with E-state index >= 15 is 0 Å². The molecule has 1 saturated carbocycles. The Hall–Kier alpha value is -1.92. The molecule has 0 N–H and O–H groups in total. The molecule has 5 rings (SSSR count). The van der Waals surface area contributed by atoms with Gasteiger partial charge in [0, 0.05) is 36.0 Å². The highest BCUT2D eigenvalue weighted by molar-refractivity contribution is 6.30. The topological polar surface area (TPSA) is 54.3 Å². The fourth-order valence-corrected chi connectivity index (χ4v) is 4.77. The monoisotopic (exact) mass is 399 g/mol. The summed E-state index contributed by atoms with van der Waals surface area (Å²) in [6.45, 7) is 5.32. The number of nitrogens with zero attached hydrogens (tertiary/aromatic N) is 5.